The molecule has 0 spiro atoms. The molecule has 0 fully saturated rings. The van der Waals surface area contributed by atoms with Gasteiger partial charge in [0.2, 0.25) is 0 Å². The van der Waals surface area contributed by atoms with E-state index in [0.29, 0.717) is 17.5 Å². The van der Waals surface area contributed by atoms with Gasteiger partial charge < -0.3 is 13.6 Å². The van der Waals surface area contributed by atoms with Gasteiger partial charge in [-0.2, -0.15) is 0 Å². The lowest BCUT2D eigenvalue weighted by molar-refractivity contribution is 0.669. The van der Waals surface area contributed by atoms with Crippen LogP contribution in [0.4, 0.5) is 0 Å². The van der Waals surface area contributed by atoms with E-state index in [9.17, 15) is 0 Å². The maximum atomic E-state index is 6.66. The van der Waals surface area contributed by atoms with Crippen LogP contribution < -0.4 is 0 Å². The fourth-order valence-electron chi connectivity index (χ4n) is 10.2. The third-order valence-corrected chi connectivity index (χ3v) is 13.1. The lowest BCUT2D eigenvalue weighted by atomic mass is 10.0. The number of benzene rings is 10. The van der Waals surface area contributed by atoms with Crippen LogP contribution in [0, 0.1) is 0 Å². The van der Waals surface area contributed by atoms with Crippen molar-refractivity contribution in [3.8, 4) is 45.5 Å². The molecular formula is C59H35N5O. The van der Waals surface area contributed by atoms with Crippen molar-refractivity contribution in [1.82, 2.24) is 24.1 Å². The van der Waals surface area contributed by atoms with Crippen LogP contribution in [0.15, 0.2) is 217 Å². The summed E-state index contributed by atoms with van der Waals surface area (Å²) in [7, 11) is 0. The molecule has 0 radical (unpaired) electrons. The summed E-state index contributed by atoms with van der Waals surface area (Å²) in [5, 5.41) is 11.3. The number of hydrogen-bond donors (Lipinski definition) is 0. The van der Waals surface area contributed by atoms with Gasteiger partial charge in [0, 0.05) is 49.3 Å². The van der Waals surface area contributed by atoms with E-state index >= 15 is 0 Å². The molecular weight excluding hydrogens is 795 g/mol. The molecule has 6 heteroatoms. The smallest absolute Gasteiger partial charge is 0.166 e. The topological polar surface area (TPSA) is 61.7 Å². The highest BCUT2D eigenvalue weighted by molar-refractivity contribution is 6.18. The summed E-state index contributed by atoms with van der Waals surface area (Å²) >= 11 is 0. The molecule has 4 heterocycles. The number of furan rings is 1. The molecule has 0 atom stereocenters. The minimum atomic E-state index is 0.565. The van der Waals surface area contributed by atoms with E-state index in [2.05, 4.69) is 209 Å². The second-order valence-electron chi connectivity index (χ2n) is 16.8. The zero-order valence-corrected chi connectivity index (χ0v) is 34.9. The highest BCUT2D eigenvalue weighted by Crippen LogP contribution is 2.44. The molecule has 14 rings (SSSR count). The SMILES string of the molecule is c1ccc(-n2c3ccccc3c3ccc(-c4nc(-c5ccc6oc7ccccc7c6c5-n5c6ccccc6c6cc7ccccc7cc65)nc(-c5cccc6ccccc56)n4)cc32)cc1. The molecule has 0 aliphatic heterocycles. The van der Waals surface area contributed by atoms with Crippen molar-refractivity contribution in [2.24, 2.45) is 0 Å². The van der Waals surface area contributed by atoms with Gasteiger partial charge in [0.05, 0.1) is 33.1 Å². The maximum absolute atomic E-state index is 6.66. The normalized spacial score (nSPS) is 12.0. The van der Waals surface area contributed by atoms with Crippen molar-refractivity contribution >= 4 is 87.1 Å². The van der Waals surface area contributed by atoms with E-state index in [4.69, 9.17) is 19.4 Å². The molecule has 0 bridgehead atoms. The second-order valence-corrected chi connectivity index (χ2v) is 16.8. The Morgan fingerprint density at radius 2 is 0.908 bits per heavy atom. The molecule has 302 valence electrons. The molecule has 0 saturated heterocycles. The fourth-order valence-corrected chi connectivity index (χ4v) is 10.2. The number of para-hydroxylation sites is 4. The van der Waals surface area contributed by atoms with E-state index in [1.54, 1.807) is 0 Å². The average Bonchev–Trinajstić information content (AvgIpc) is 4.02. The Labute approximate surface area is 371 Å². The van der Waals surface area contributed by atoms with Crippen molar-refractivity contribution in [1.29, 1.82) is 0 Å². The summed E-state index contributed by atoms with van der Waals surface area (Å²) < 4.78 is 11.4. The van der Waals surface area contributed by atoms with Crippen molar-refractivity contribution in [3.63, 3.8) is 0 Å². The molecule has 14 aromatic rings. The van der Waals surface area contributed by atoms with Gasteiger partial charge in [-0.25, -0.2) is 15.0 Å². The van der Waals surface area contributed by atoms with Crippen LogP contribution in [0.2, 0.25) is 0 Å². The van der Waals surface area contributed by atoms with Crippen LogP contribution in [-0.2, 0) is 0 Å². The number of nitrogens with zero attached hydrogens (tertiary/aromatic N) is 5. The largest absolute Gasteiger partial charge is 0.456 e. The standard InChI is InChI=1S/C59H35N5O/c1-2-19-40(20-3-1)63-49-26-11-8-22-42(49)44-30-29-39(35-51(44)63)57-60-58(45-25-14-18-36-15-6-7-21-41(36)45)62-59(61-57)47-31-32-54-55(46-24-10-13-28-53(46)65-54)56(47)64-50-27-12-9-23-43(50)48-33-37-16-4-5-17-38(37)34-52(48)64/h1-35H. The minimum Gasteiger partial charge on any atom is -0.456 e. The zero-order valence-electron chi connectivity index (χ0n) is 34.9. The van der Waals surface area contributed by atoms with Gasteiger partial charge in [-0.05, 0) is 82.2 Å². The summed E-state index contributed by atoms with van der Waals surface area (Å²) in [5.41, 5.74) is 10.7. The quantitative estimate of drug-likeness (QED) is 0.173. The van der Waals surface area contributed by atoms with Gasteiger partial charge in [0.1, 0.15) is 11.2 Å². The molecule has 0 N–H and O–H groups in total. The summed E-state index contributed by atoms with van der Waals surface area (Å²) in [6, 6.07) is 75.0. The van der Waals surface area contributed by atoms with Gasteiger partial charge >= 0.3 is 0 Å². The van der Waals surface area contributed by atoms with Gasteiger partial charge in [-0.1, -0.05) is 152 Å². The van der Waals surface area contributed by atoms with Crippen LogP contribution in [0.1, 0.15) is 0 Å². The van der Waals surface area contributed by atoms with Crippen molar-refractivity contribution in [2.45, 2.75) is 0 Å². The second kappa shape index (κ2) is 13.8. The molecule has 0 aliphatic carbocycles. The van der Waals surface area contributed by atoms with E-state index in [1.165, 1.54) is 26.9 Å². The average molecular weight is 830 g/mol. The molecule has 0 saturated carbocycles. The number of fused-ring (bicyclic) bond motifs is 11. The minimum absolute atomic E-state index is 0.565. The lowest BCUT2D eigenvalue weighted by Gasteiger charge is -2.16. The highest BCUT2D eigenvalue weighted by atomic mass is 16.3. The maximum Gasteiger partial charge on any atom is 0.166 e. The molecule has 65 heavy (non-hydrogen) atoms. The first-order valence-corrected chi connectivity index (χ1v) is 21.9. The predicted molar refractivity (Wildman–Crippen MR) is 267 cm³/mol. The number of rotatable bonds is 5. The van der Waals surface area contributed by atoms with Crippen molar-refractivity contribution in [3.05, 3.63) is 212 Å². The Bertz CT molecular complexity index is 4250. The Kier molecular flexibility index (Phi) is 7.59. The Morgan fingerprint density at radius 1 is 0.323 bits per heavy atom. The highest BCUT2D eigenvalue weighted by Gasteiger charge is 2.25. The number of aromatic nitrogens is 5. The van der Waals surface area contributed by atoms with E-state index in [-0.39, 0.29) is 0 Å². The van der Waals surface area contributed by atoms with Crippen LogP contribution in [0.5, 0.6) is 0 Å². The fraction of sp³-hybridized carbons (Fsp3) is 0. The van der Waals surface area contributed by atoms with Crippen LogP contribution in [0.25, 0.3) is 133 Å². The summed E-state index contributed by atoms with van der Waals surface area (Å²) in [6.07, 6.45) is 0. The molecule has 4 aromatic heterocycles. The molecule has 0 unspecified atom stereocenters. The molecule has 10 aromatic carbocycles. The van der Waals surface area contributed by atoms with Gasteiger partial charge in [-0.15, -0.1) is 0 Å². The molecule has 0 amide bonds. The molecule has 0 aliphatic rings. The van der Waals surface area contributed by atoms with Crippen molar-refractivity contribution < 1.29 is 4.42 Å². The Morgan fingerprint density at radius 3 is 1.72 bits per heavy atom. The summed E-state index contributed by atoms with van der Waals surface area (Å²) in [6.45, 7) is 0. The van der Waals surface area contributed by atoms with Gasteiger partial charge in [0.25, 0.3) is 0 Å². The van der Waals surface area contributed by atoms with E-state index in [0.717, 1.165) is 88.2 Å². The third kappa shape index (κ3) is 5.38. The summed E-state index contributed by atoms with van der Waals surface area (Å²) in [5.74, 6) is 1.75. The van der Waals surface area contributed by atoms with Crippen LogP contribution in [-0.4, -0.2) is 24.1 Å². The zero-order chi connectivity index (χ0) is 42.6. The van der Waals surface area contributed by atoms with Crippen LogP contribution in [0.3, 0.4) is 0 Å². The first-order valence-electron chi connectivity index (χ1n) is 21.9. The predicted octanol–water partition coefficient (Wildman–Crippen LogP) is 15.3. The number of hydrogen-bond acceptors (Lipinski definition) is 4. The van der Waals surface area contributed by atoms with E-state index < -0.39 is 0 Å². The first-order chi connectivity index (χ1) is 32.2. The van der Waals surface area contributed by atoms with Gasteiger partial charge in [-0.3, -0.25) is 0 Å². The Balaban J connectivity index is 1.11. The van der Waals surface area contributed by atoms with Crippen molar-refractivity contribution in [2.75, 3.05) is 0 Å². The van der Waals surface area contributed by atoms with Crippen LogP contribution >= 0.6 is 0 Å². The summed E-state index contributed by atoms with van der Waals surface area (Å²) in [4.78, 5) is 16.4. The monoisotopic (exact) mass is 829 g/mol. The molecule has 6 nitrogen and oxygen atoms in total. The first kappa shape index (κ1) is 35.7. The lowest BCUT2D eigenvalue weighted by Crippen LogP contribution is -2.04. The van der Waals surface area contributed by atoms with E-state index in [1.807, 2.05) is 12.1 Å². The third-order valence-electron chi connectivity index (χ3n) is 13.1. The van der Waals surface area contributed by atoms with Gasteiger partial charge in [0.15, 0.2) is 17.5 Å². The Hall–Kier alpha value is -8.87.